The molecule has 0 radical (unpaired) electrons. The molecule has 3 heteroatoms. The number of rotatable bonds is 0. The van der Waals surface area contributed by atoms with E-state index in [9.17, 15) is 8.42 Å². The molecule has 0 amide bonds. The zero-order chi connectivity index (χ0) is 12.1. The molecule has 1 aliphatic heterocycles. The van der Waals surface area contributed by atoms with E-state index in [1.165, 1.54) is 0 Å². The molecular weight excluding hydrogens is 220 g/mol. The third-order valence-electron chi connectivity index (χ3n) is 2.93. The second-order valence-electron chi connectivity index (χ2n) is 5.32. The Bertz CT molecular complexity index is 560. The highest BCUT2D eigenvalue weighted by molar-refractivity contribution is 7.92. The molecule has 1 aromatic rings. The van der Waals surface area contributed by atoms with Crippen LogP contribution in [0.5, 0.6) is 0 Å². The van der Waals surface area contributed by atoms with Crippen molar-refractivity contribution in [1.82, 2.24) is 0 Å². The number of hydrogen-bond donors (Lipinski definition) is 0. The van der Waals surface area contributed by atoms with E-state index in [0.717, 1.165) is 11.1 Å². The molecule has 0 unspecified atom stereocenters. The Morgan fingerprint density at radius 3 is 2.44 bits per heavy atom. The van der Waals surface area contributed by atoms with Crippen LogP contribution in [0.3, 0.4) is 0 Å². The molecule has 2 nitrogen and oxygen atoms in total. The molecule has 0 aliphatic carbocycles. The summed E-state index contributed by atoms with van der Waals surface area (Å²) >= 11 is 0. The lowest BCUT2D eigenvalue weighted by atomic mass is 9.85. The van der Waals surface area contributed by atoms with Crippen LogP contribution in [0.4, 0.5) is 0 Å². The lowest BCUT2D eigenvalue weighted by Crippen LogP contribution is -2.11. The molecule has 0 saturated carbocycles. The lowest BCUT2D eigenvalue weighted by Gasteiger charge is -2.19. The minimum absolute atomic E-state index is 0.0294. The van der Waals surface area contributed by atoms with Crippen LogP contribution in [0.2, 0.25) is 0 Å². The number of benzene rings is 1. The fourth-order valence-electron chi connectivity index (χ4n) is 1.93. The van der Waals surface area contributed by atoms with Crippen LogP contribution in [0.15, 0.2) is 29.7 Å². The predicted octanol–water partition coefficient (Wildman–Crippen LogP) is 2.78. The third-order valence-corrected chi connectivity index (χ3v) is 4.68. The average Bonchev–Trinajstić information content (AvgIpc) is 2.36. The van der Waals surface area contributed by atoms with Gasteiger partial charge in [0.15, 0.2) is 9.84 Å². The summed E-state index contributed by atoms with van der Waals surface area (Å²) < 4.78 is 23.5. The van der Waals surface area contributed by atoms with Gasteiger partial charge in [-0.15, -0.1) is 0 Å². The van der Waals surface area contributed by atoms with Crippen LogP contribution in [0.25, 0.3) is 5.57 Å². The van der Waals surface area contributed by atoms with Crippen molar-refractivity contribution in [3.05, 3.63) is 35.9 Å². The van der Waals surface area contributed by atoms with Gasteiger partial charge in [-0.2, -0.15) is 0 Å². The van der Waals surface area contributed by atoms with Gasteiger partial charge >= 0.3 is 0 Å². The van der Waals surface area contributed by atoms with Gasteiger partial charge in [0.2, 0.25) is 0 Å². The average molecular weight is 236 g/mol. The maximum atomic E-state index is 11.8. The molecule has 2 rings (SSSR count). The van der Waals surface area contributed by atoms with Crippen molar-refractivity contribution in [2.75, 3.05) is 5.75 Å². The first kappa shape index (κ1) is 11.4. The number of fused-ring (bicyclic) bond motifs is 1. The molecule has 1 heterocycles. The van der Waals surface area contributed by atoms with E-state index in [1.807, 2.05) is 12.1 Å². The van der Waals surface area contributed by atoms with Crippen LogP contribution < -0.4 is 0 Å². The molecule has 0 fully saturated rings. The fraction of sp³-hybridized carbons (Fsp3) is 0.385. The number of sulfone groups is 1. The Labute approximate surface area is 96.9 Å². The molecule has 0 bridgehead atoms. The van der Waals surface area contributed by atoms with E-state index in [1.54, 1.807) is 6.07 Å². The van der Waals surface area contributed by atoms with Crippen molar-refractivity contribution >= 4 is 15.4 Å². The molecule has 0 spiro atoms. The topological polar surface area (TPSA) is 34.1 Å². The smallest absolute Gasteiger partial charge is 0.183 e. The maximum Gasteiger partial charge on any atom is 0.183 e. The molecule has 0 N–H and O–H groups in total. The molecular formula is C13H16O2S. The Morgan fingerprint density at radius 2 is 1.88 bits per heavy atom. The van der Waals surface area contributed by atoms with Crippen molar-refractivity contribution < 1.29 is 8.42 Å². The minimum atomic E-state index is -3.12. The molecule has 0 aromatic heterocycles. The maximum absolute atomic E-state index is 11.8. The first-order valence-electron chi connectivity index (χ1n) is 5.27. The van der Waals surface area contributed by atoms with Gasteiger partial charge in [-0.1, -0.05) is 33.4 Å². The Hall–Kier alpha value is -1.09. The number of hydrogen-bond acceptors (Lipinski definition) is 2. The SMILES string of the molecule is C=C1CS(=O)(=O)c2ccc(C(C)(C)C)cc21. The summed E-state index contributed by atoms with van der Waals surface area (Å²) in [5, 5.41) is 0. The molecule has 1 aliphatic rings. The highest BCUT2D eigenvalue weighted by Crippen LogP contribution is 2.36. The summed E-state index contributed by atoms with van der Waals surface area (Å²) in [6.07, 6.45) is 0. The summed E-state index contributed by atoms with van der Waals surface area (Å²) in [6, 6.07) is 5.57. The van der Waals surface area contributed by atoms with Crippen LogP contribution in [0.1, 0.15) is 31.9 Å². The summed E-state index contributed by atoms with van der Waals surface area (Å²) in [4.78, 5) is 0.436. The molecule has 1 aromatic carbocycles. The zero-order valence-electron chi connectivity index (χ0n) is 9.87. The van der Waals surface area contributed by atoms with Gasteiger partial charge in [0.05, 0.1) is 10.6 Å². The van der Waals surface area contributed by atoms with E-state index >= 15 is 0 Å². The lowest BCUT2D eigenvalue weighted by molar-refractivity contribution is 0.587. The standard InChI is InChI=1S/C13H16O2S/c1-9-8-16(14,15)12-6-5-10(7-11(9)12)13(2,3)4/h5-7H,1,8H2,2-4H3. The summed E-state index contributed by atoms with van der Waals surface area (Å²) in [7, 11) is -3.12. The monoisotopic (exact) mass is 236 g/mol. The van der Waals surface area contributed by atoms with E-state index < -0.39 is 9.84 Å². The quantitative estimate of drug-likeness (QED) is 0.694. The minimum Gasteiger partial charge on any atom is -0.223 e. The van der Waals surface area contributed by atoms with Gasteiger partial charge in [0.25, 0.3) is 0 Å². The van der Waals surface area contributed by atoms with E-state index in [0.29, 0.717) is 10.5 Å². The van der Waals surface area contributed by atoms with Crippen LogP contribution in [0, 0.1) is 0 Å². The van der Waals surface area contributed by atoms with Crippen molar-refractivity contribution in [2.45, 2.75) is 31.1 Å². The fourth-order valence-corrected chi connectivity index (χ4v) is 3.51. The van der Waals surface area contributed by atoms with Gasteiger partial charge in [-0.3, -0.25) is 0 Å². The van der Waals surface area contributed by atoms with Gasteiger partial charge in [0, 0.05) is 0 Å². The van der Waals surface area contributed by atoms with Crippen molar-refractivity contribution in [1.29, 1.82) is 0 Å². The second-order valence-corrected chi connectivity index (χ2v) is 7.28. The Balaban J connectivity index is 2.67. The normalized spacial score (nSPS) is 18.6. The summed E-state index contributed by atoms with van der Waals surface area (Å²) in [6.45, 7) is 10.2. The van der Waals surface area contributed by atoms with Gasteiger partial charge in [0.1, 0.15) is 0 Å². The van der Waals surface area contributed by atoms with Crippen LogP contribution in [-0.4, -0.2) is 14.2 Å². The van der Waals surface area contributed by atoms with Gasteiger partial charge in [-0.25, -0.2) is 8.42 Å². The molecule has 0 atom stereocenters. The van der Waals surface area contributed by atoms with Crippen molar-refractivity contribution in [3.63, 3.8) is 0 Å². The Kier molecular flexibility index (Phi) is 2.28. The highest BCUT2D eigenvalue weighted by Gasteiger charge is 2.30. The van der Waals surface area contributed by atoms with Crippen LogP contribution in [-0.2, 0) is 15.3 Å². The predicted molar refractivity (Wildman–Crippen MR) is 66.2 cm³/mol. The largest absolute Gasteiger partial charge is 0.223 e. The molecule has 86 valence electrons. The first-order chi connectivity index (χ1) is 7.22. The summed E-state index contributed by atoms with van der Waals surface area (Å²) in [5.74, 6) is 0.0654. The van der Waals surface area contributed by atoms with E-state index in [-0.39, 0.29) is 11.2 Å². The van der Waals surface area contributed by atoms with Gasteiger partial charge < -0.3 is 0 Å². The highest BCUT2D eigenvalue weighted by atomic mass is 32.2. The zero-order valence-corrected chi connectivity index (χ0v) is 10.7. The van der Waals surface area contributed by atoms with Crippen molar-refractivity contribution in [2.24, 2.45) is 0 Å². The van der Waals surface area contributed by atoms with E-state index in [2.05, 4.69) is 27.4 Å². The van der Waals surface area contributed by atoms with Crippen molar-refractivity contribution in [3.8, 4) is 0 Å². The first-order valence-corrected chi connectivity index (χ1v) is 6.92. The van der Waals surface area contributed by atoms with Gasteiger partial charge in [-0.05, 0) is 34.2 Å². The van der Waals surface area contributed by atoms with Crippen LogP contribution >= 0.6 is 0 Å². The molecule has 16 heavy (non-hydrogen) atoms. The summed E-state index contributed by atoms with van der Waals surface area (Å²) in [5.41, 5.74) is 2.68. The molecule has 0 saturated heterocycles. The second kappa shape index (κ2) is 3.20. The third kappa shape index (κ3) is 1.69. The van der Waals surface area contributed by atoms with E-state index in [4.69, 9.17) is 0 Å². The Morgan fingerprint density at radius 1 is 1.25 bits per heavy atom.